The molecule has 1 fully saturated rings. The minimum absolute atomic E-state index is 0.101. The summed E-state index contributed by atoms with van der Waals surface area (Å²) in [5.41, 5.74) is 0.569. The molecule has 1 aromatic rings. The van der Waals surface area contributed by atoms with Crippen LogP contribution >= 0.6 is 0 Å². The summed E-state index contributed by atoms with van der Waals surface area (Å²) in [6.45, 7) is 6.54. The van der Waals surface area contributed by atoms with Crippen LogP contribution in [0.1, 0.15) is 23.7 Å². The third-order valence-electron chi connectivity index (χ3n) is 3.71. The fraction of sp³-hybridized carbons (Fsp3) is 0.600. The molecule has 0 unspecified atom stereocenters. The molecule has 1 saturated heterocycles. The molecule has 2 heterocycles. The number of hydrogen-bond acceptors (Lipinski definition) is 5. The fourth-order valence-electron chi connectivity index (χ4n) is 2.47. The molecule has 0 aromatic carbocycles. The average molecular weight is 292 g/mol. The van der Waals surface area contributed by atoms with E-state index in [2.05, 4.69) is 27.4 Å². The van der Waals surface area contributed by atoms with Gasteiger partial charge in [-0.3, -0.25) is 9.69 Å². The van der Waals surface area contributed by atoms with Gasteiger partial charge in [0, 0.05) is 32.9 Å². The number of likely N-dealkylation sites (N-methyl/N-ethyl adjacent to an activating group) is 1. The lowest BCUT2D eigenvalue weighted by atomic mass is 10.2. The van der Waals surface area contributed by atoms with Gasteiger partial charge in [-0.15, -0.1) is 0 Å². The Morgan fingerprint density at radius 1 is 1.57 bits per heavy atom. The summed E-state index contributed by atoms with van der Waals surface area (Å²) in [5.74, 6) is 0.497. The Kier molecular flexibility index (Phi) is 5.95. The molecule has 0 saturated carbocycles. The van der Waals surface area contributed by atoms with Gasteiger partial charge >= 0.3 is 0 Å². The molecule has 2 rings (SSSR count). The molecule has 6 heteroatoms. The number of amides is 1. The molecule has 0 bridgehead atoms. The Balaban J connectivity index is 1.79. The van der Waals surface area contributed by atoms with Crippen molar-refractivity contribution in [2.75, 3.05) is 45.2 Å². The summed E-state index contributed by atoms with van der Waals surface area (Å²) in [6.07, 6.45) is 2.70. The predicted molar refractivity (Wildman–Crippen MR) is 82.6 cm³/mol. The van der Waals surface area contributed by atoms with E-state index in [1.807, 2.05) is 0 Å². The monoisotopic (exact) mass is 292 g/mol. The van der Waals surface area contributed by atoms with Gasteiger partial charge in [-0.25, -0.2) is 4.98 Å². The van der Waals surface area contributed by atoms with Crippen molar-refractivity contribution in [3.8, 4) is 0 Å². The van der Waals surface area contributed by atoms with Crippen molar-refractivity contribution in [2.45, 2.75) is 19.4 Å². The summed E-state index contributed by atoms with van der Waals surface area (Å²) in [7, 11) is 1.76. The SMILES string of the molecule is CCN1CCO[C@H](CCNC(=O)c2cccnc2NC)C1. The maximum Gasteiger partial charge on any atom is 0.255 e. The smallest absolute Gasteiger partial charge is 0.255 e. The van der Waals surface area contributed by atoms with Gasteiger partial charge in [0.1, 0.15) is 5.82 Å². The number of ether oxygens (including phenoxy) is 1. The number of pyridine rings is 1. The van der Waals surface area contributed by atoms with Crippen molar-refractivity contribution in [2.24, 2.45) is 0 Å². The number of carbonyl (C=O) groups is 1. The first-order valence-electron chi connectivity index (χ1n) is 7.49. The van der Waals surface area contributed by atoms with E-state index in [0.29, 0.717) is 17.9 Å². The molecule has 1 aliphatic rings. The highest BCUT2D eigenvalue weighted by Crippen LogP contribution is 2.11. The zero-order valence-corrected chi connectivity index (χ0v) is 12.8. The third kappa shape index (κ3) is 4.41. The first kappa shape index (κ1) is 15.7. The van der Waals surface area contributed by atoms with E-state index in [1.54, 1.807) is 25.4 Å². The van der Waals surface area contributed by atoms with Gasteiger partial charge in [-0.1, -0.05) is 6.92 Å². The molecule has 1 aromatic heterocycles. The van der Waals surface area contributed by atoms with Crippen molar-refractivity contribution in [3.05, 3.63) is 23.9 Å². The third-order valence-corrected chi connectivity index (χ3v) is 3.71. The lowest BCUT2D eigenvalue weighted by molar-refractivity contribution is -0.0296. The lowest BCUT2D eigenvalue weighted by Gasteiger charge is -2.32. The van der Waals surface area contributed by atoms with Gasteiger partial charge in [-0.2, -0.15) is 0 Å². The number of nitrogens with one attached hydrogen (secondary N) is 2. The first-order valence-corrected chi connectivity index (χ1v) is 7.49. The van der Waals surface area contributed by atoms with E-state index in [1.165, 1.54) is 0 Å². The molecule has 0 aliphatic carbocycles. The highest BCUT2D eigenvalue weighted by Gasteiger charge is 2.19. The number of rotatable bonds is 6. The van der Waals surface area contributed by atoms with Gasteiger partial charge in [-0.05, 0) is 25.1 Å². The fourth-order valence-corrected chi connectivity index (χ4v) is 2.47. The van der Waals surface area contributed by atoms with E-state index in [0.717, 1.165) is 32.7 Å². The lowest BCUT2D eigenvalue weighted by Crippen LogP contribution is -2.43. The van der Waals surface area contributed by atoms with Crippen LogP contribution in [0.3, 0.4) is 0 Å². The number of morpholine rings is 1. The van der Waals surface area contributed by atoms with E-state index in [-0.39, 0.29) is 12.0 Å². The molecule has 6 nitrogen and oxygen atoms in total. The van der Waals surface area contributed by atoms with Gasteiger partial charge in [0.05, 0.1) is 18.3 Å². The summed E-state index contributed by atoms with van der Waals surface area (Å²) in [4.78, 5) is 18.6. The van der Waals surface area contributed by atoms with E-state index >= 15 is 0 Å². The number of carbonyl (C=O) groups excluding carboxylic acids is 1. The predicted octanol–water partition coefficient (Wildman–Crippen LogP) is 0.964. The number of anilines is 1. The van der Waals surface area contributed by atoms with Crippen molar-refractivity contribution < 1.29 is 9.53 Å². The second-order valence-electron chi connectivity index (χ2n) is 5.08. The maximum atomic E-state index is 12.1. The summed E-state index contributed by atoms with van der Waals surface area (Å²) in [6, 6.07) is 3.53. The highest BCUT2D eigenvalue weighted by molar-refractivity contribution is 5.98. The Hall–Kier alpha value is -1.66. The van der Waals surface area contributed by atoms with E-state index in [9.17, 15) is 4.79 Å². The normalized spacial score (nSPS) is 19.2. The van der Waals surface area contributed by atoms with E-state index < -0.39 is 0 Å². The van der Waals surface area contributed by atoms with Crippen molar-refractivity contribution in [3.63, 3.8) is 0 Å². The summed E-state index contributed by atoms with van der Waals surface area (Å²) < 4.78 is 5.72. The minimum atomic E-state index is -0.101. The Morgan fingerprint density at radius 3 is 3.19 bits per heavy atom. The molecule has 1 amide bonds. The zero-order chi connectivity index (χ0) is 15.1. The summed E-state index contributed by atoms with van der Waals surface area (Å²) in [5, 5.41) is 5.86. The van der Waals surface area contributed by atoms with Gasteiger partial charge in [0.15, 0.2) is 0 Å². The number of nitrogens with zero attached hydrogens (tertiary/aromatic N) is 2. The summed E-state index contributed by atoms with van der Waals surface area (Å²) >= 11 is 0. The zero-order valence-electron chi connectivity index (χ0n) is 12.8. The first-order chi connectivity index (χ1) is 10.2. The second-order valence-corrected chi connectivity index (χ2v) is 5.08. The number of aromatic nitrogens is 1. The number of hydrogen-bond donors (Lipinski definition) is 2. The van der Waals surface area contributed by atoms with Crippen LogP contribution in [0.2, 0.25) is 0 Å². The van der Waals surface area contributed by atoms with Crippen molar-refractivity contribution >= 4 is 11.7 Å². The molecule has 1 atom stereocenters. The van der Waals surface area contributed by atoms with Crippen LogP contribution in [0.4, 0.5) is 5.82 Å². The van der Waals surface area contributed by atoms with Crippen LogP contribution in [0.25, 0.3) is 0 Å². The van der Waals surface area contributed by atoms with Gasteiger partial charge in [0.25, 0.3) is 5.91 Å². The van der Waals surface area contributed by atoms with Crippen LogP contribution in [-0.4, -0.2) is 61.7 Å². The Labute approximate surface area is 125 Å². The average Bonchev–Trinajstić information content (AvgIpc) is 2.55. The van der Waals surface area contributed by atoms with Crippen molar-refractivity contribution in [1.82, 2.24) is 15.2 Å². The van der Waals surface area contributed by atoms with Crippen LogP contribution in [0, 0.1) is 0 Å². The molecule has 21 heavy (non-hydrogen) atoms. The topological polar surface area (TPSA) is 66.5 Å². The quantitative estimate of drug-likeness (QED) is 0.817. The maximum absolute atomic E-state index is 12.1. The standard InChI is InChI=1S/C15H24N4O2/c1-3-19-9-10-21-12(11-19)6-8-18-15(20)13-5-4-7-17-14(13)16-2/h4-5,7,12H,3,6,8-11H2,1-2H3,(H,16,17)(H,18,20)/t12-/m1/s1. The van der Waals surface area contributed by atoms with E-state index in [4.69, 9.17) is 4.74 Å². The Morgan fingerprint density at radius 2 is 2.43 bits per heavy atom. The molecule has 0 spiro atoms. The Bertz CT molecular complexity index is 467. The molecule has 116 valence electrons. The molecular weight excluding hydrogens is 268 g/mol. The van der Waals surface area contributed by atoms with Crippen LogP contribution < -0.4 is 10.6 Å². The minimum Gasteiger partial charge on any atom is -0.375 e. The highest BCUT2D eigenvalue weighted by atomic mass is 16.5. The van der Waals surface area contributed by atoms with Crippen molar-refractivity contribution in [1.29, 1.82) is 0 Å². The van der Waals surface area contributed by atoms with Crippen LogP contribution in [0.5, 0.6) is 0 Å². The molecular formula is C15H24N4O2. The largest absolute Gasteiger partial charge is 0.375 e. The van der Waals surface area contributed by atoms with Gasteiger partial charge in [0.2, 0.25) is 0 Å². The second kappa shape index (κ2) is 7.95. The van der Waals surface area contributed by atoms with Crippen LogP contribution in [0.15, 0.2) is 18.3 Å². The molecule has 0 radical (unpaired) electrons. The molecule has 1 aliphatic heterocycles. The van der Waals surface area contributed by atoms with Gasteiger partial charge < -0.3 is 15.4 Å². The van der Waals surface area contributed by atoms with Crippen LogP contribution in [-0.2, 0) is 4.74 Å². The molecule has 2 N–H and O–H groups in total.